The van der Waals surface area contributed by atoms with Gasteiger partial charge in [-0.2, -0.15) is 0 Å². The molecule has 0 aliphatic carbocycles. The van der Waals surface area contributed by atoms with Gasteiger partial charge in [0.1, 0.15) is 0 Å². The highest BCUT2D eigenvalue weighted by atomic mass is 32.2. The van der Waals surface area contributed by atoms with Crippen LogP contribution < -0.4 is 0 Å². The van der Waals surface area contributed by atoms with Crippen molar-refractivity contribution in [3.63, 3.8) is 0 Å². The van der Waals surface area contributed by atoms with Crippen molar-refractivity contribution in [2.24, 2.45) is 0 Å². The smallest absolute Gasteiger partial charge is 0.0210 e. The minimum absolute atomic E-state index is 1.17. The molecule has 3 heteroatoms. The van der Waals surface area contributed by atoms with Crippen LogP contribution in [-0.2, 0) is 3.63 Å². The van der Waals surface area contributed by atoms with Crippen molar-refractivity contribution in [2.45, 2.75) is 194 Å². The van der Waals surface area contributed by atoms with Crippen molar-refractivity contribution in [3.8, 4) is 0 Å². The SMILES string of the molecule is CCCCCCCCCCCCCCCCSOSCCCCCCCCCCCCCCCC. The van der Waals surface area contributed by atoms with Crippen molar-refractivity contribution >= 4 is 24.1 Å². The molecule has 0 unspecified atom stereocenters. The summed E-state index contributed by atoms with van der Waals surface area (Å²) in [5, 5.41) is 0. The standard InChI is InChI=1S/C32H66OS2/c1-3-5-7-9-11-13-15-17-19-21-23-25-27-29-31-34-33-35-32-30-28-26-24-22-20-18-16-14-12-10-8-6-4-2/h3-32H2,1-2H3. The molecule has 0 spiro atoms. The van der Waals surface area contributed by atoms with E-state index >= 15 is 0 Å². The van der Waals surface area contributed by atoms with E-state index in [1.165, 1.54) is 191 Å². The van der Waals surface area contributed by atoms with Crippen LogP contribution in [0.1, 0.15) is 194 Å². The van der Waals surface area contributed by atoms with E-state index in [2.05, 4.69) is 13.8 Å². The van der Waals surface area contributed by atoms with E-state index in [-0.39, 0.29) is 0 Å². The molecular formula is C32H66OS2. The first-order valence-electron chi connectivity index (χ1n) is 16.3. The summed E-state index contributed by atoms with van der Waals surface area (Å²) in [7, 11) is 0. The maximum absolute atomic E-state index is 5.69. The van der Waals surface area contributed by atoms with Gasteiger partial charge in [-0.15, -0.1) is 0 Å². The van der Waals surface area contributed by atoms with Crippen LogP contribution in [0.5, 0.6) is 0 Å². The van der Waals surface area contributed by atoms with Crippen LogP contribution in [0, 0.1) is 0 Å². The van der Waals surface area contributed by atoms with Gasteiger partial charge in [-0.05, 0) is 12.8 Å². The molecule has 0 aliphatic rings. The molecule has 0 aromatic rings. The van der Waals surface area contributed by atoms with Crippen molar-refractivity contribution in [1.82, 2.24) is 0 Å². The lowest BCUT2D eigenvalue weighted by molar-refractivity contribution is 0.538. The van der Waals surface area contributed by atoms with E-state index in [1.54, 1.807) is 24.1 Å². The third-order valence-electron chi connectivity index (χ3n) is 7.26. The first-order valence-corrected chi connectivity index (χ1v) is 18.1. The van der Waals surface area contributed by atoms with Gasteiger partial charge in [0, 0.05) is 35.6 Å². The maximum atomic E-state index is 5.69. The van der Waals surface area contributed by atoms with E-state index in [0.29, 0.717) is 0 Å². The Morgan fingerprint density at radius 2 is 0.486 bits per heavy atom. The second kappa shape index (κ2) is 34.7. The molecule has 0 bridgehead atoms. The summed E-state index contributed by atoms with van der Waals surface area (Å²) in [6.45, 7) is 4.60. The van der Waals surface area contributed by atoms with Crippen molar-refractivity contribution in [3.05, 3.63) is 0 Å². The first-order chi connectivity index (χ1) is 17.4. The molecule has 0 fully saturated rings. The van der Waals surface area contributed by atoms with Gasteiger partial charge in [0.05, 0.1) is 0 Å². The van der Waals surface area contributed by atoms with Gasteiger partial charge in [0.15, 0.2) is 0 Å². The summed E-state index contributed by atoms with van der Waals surface area (Å²) >= 11 is 3.37. The lowest BCUT2D eigenvalue weighted by Gasteiger charge is -2.04. The summed E-state index contributed by atoms with van der Waals surface area (Å²) in [6.07, 6.45) is 40.2. The first kappa shape index (κ1) is 35.7. The number of hydrogen-bond donors (Lipinski definition) is 0. The summed E-state index contributed by atoms with van der Waals surface area (Å²) in [5.41, 5.74) is 0. The largest absolute Gasteiger partial charge is 0.247 e. The van der Waals surface area contributed by atoms with Crippen molar-refractivity contribution in [1.29, 1.82) is 0 Å². The van der Waals surface area contributed by atoms with Crippen LogP contribution in [0.25, 0.3) is 0 Å². The zero-order valence-corrected chi connectivity index (χ0v) is 26.1. The molecule has 0 saturated carbocycles. The van der Waals surface area contributed by atoms with Crippen LogP contribution >= 0.6 is 24.1 Å². The predicted octanol–water partition coefficient (Wildman–Crippen LogP) is 13.3. The number of unbranched alkanes of at least 4 members (excludes halogenated alkanes) is 26. The Labute approximate surface area is 232 Å². The monoisotopic (exact) mass is 530 g/mol. The maximum Gasteiger partial charge on any atom is 0.0210 e. The fraction of sp³-hybridized carbons (Fsp3) is 1.00. The summed E-state index contributed by atoms with van der Waals surface area (Å²) in [5.74, 6) is 2.34. The average molecular weight is 531 g/mol. The third kappa shape index (κ3) is 34.7. The topological polar surface area (TPSA) is 9.23 Å². The molecule has 1 nitrogen and oxygen atoms in total. The van der Waals surface area contributed by atoms with E-state index < -0.39 is 0 Å². The Hall–Kier alpha value is 0.660. The Morgan fingerprint density at radius 1 is 0.286 bits per heavy atom. The highest BCUT2D eigenvalue weighted by Crippen LogP contribution is 2.20. The van der Waals surface area contributed by atoms with Gasteiger partial charge < -0.3 is 0 Å². The van der Waals surface area contributed by atoms with Crippen LogP contribution in [-0.4, -0.2) is 11.5 Å². The molecule has 0 aromatic carbocycles. The van der Waals surface area contributed by atoms with Crippen LogP contribution in [0.3, 0.4) is 0 Å². The summed E-state index contributed by atoms with van der Waals surface area (Å²) < 4.78 is 5.69. The minimum Gasteiger partial charge on any atom is -0.247 e. The highest BCUT2D eigenvalue weighted by molar-refractivity contribution is 8.07. The van der Waals surface area contributed by atoms with Gasteiger partial charge in [-0.25, -0.2) is 3.63 Å². The van der Waals surface area contributed by atoms with Crippen LogP contribution in [0.2, 0.25) is 0 Å². The van der Waals surface area contributed by atoms with Crippen LogP contribution in [0.4, 0.5) is 0 Å². The molecule has 35 heavy (non-hydrogen) atoms. The zero-order valence-electron chi connectivity index (χ0n) is 24.4. The number of hydrogen-bond acceptors (Lipinski definition) is 3. The second-order valence-electron chi connectivity index (χ2n) is 10.9. The average Bonchev–Trinajstić information content (AvgIpc) is 2.87. The fourth-order valence-electron chi connectivity index (χ4n) is 4.81. The van der Waals surface area contributed by atoms with E-state index in [0.717, 1.165) is 0 Å². The van der Waals surface area contributed by atoms with Gasteiger partial charge in [0.2, 0.25) is 0 Å². The van der Waals surface area contributed by atoms with E-state index in [9.17, 15) is 0 Å². The molecule has 0 radical (unpaired) electrons. The van der Waals surface area contributed by atoms with Crippen LogP contribution in [0.15, 0.2) is 0 Å². The molecule has 0 rings (SSSR count). The lowest BCUT2D eigenvalue weighted by Crippen LogP contribution is -1.86. The van der Waals surface area contributed by atoms with Crippen molar-refractivity contribution < 1.29 is 3.63 Å². The molecule has 0 saturated heterocycles. The molecule has 0 amide bonds. The third-order valence-corrected chi connectivity index (χ3v) is 8.94. The Bertz CT molecular complexity index is 318. The van der Waals surface area contributed by atoms with Gasteiger partial charge in [0.25, 0.3) is 0 Å². The number of rotatable bonds is 32. The predicted molar refractivity (Wildman–Crippen MR) is 167 cm³/mol. The Morgan fingerprint density at radius 3 is 0.714 bits per heavy atom. The van der Waals surface area contributed by atoms with Gasteiger partial charge >= 0.3 is 0 Å². The highest BCUT2D eigenvalue weighted by Gasteiger charge is 1.97. The minimum atomic E-state index is 1.17. The molecule has 0 aliphatic heterocycles. The normalized spacial score (nSPS) is 11.5. The summed E-state index contributed by atoms with van der Waals surface area (Å²) in [4.78, 5) is 0. The zero-order chi connectivity index (χ0) is 25.3. The van der Waals surface area contributed by atoms with E-state index in [4.69, 9.17) is 3.63 Å². The Balaban J connectivity index is 3.00. The fourth-order valence-corrected chi connectivity index (χ4v) is 6.27. The molecule has 0 atom stereocenters. The van der Waals surface area contributed by atoms with E-state index in [1.807, 2.05) is 0 Å². The van der Waals surface area contributed by atoms with Gasteiger partial charge in [-0.3, -0.25) is 0 Å². The molecule has 0 heterocycles. The quantitative estimate of drug-likeness (QED) is 0.0632. The summed E-state index contributed by atoms with van der Waals surface area (Å²) in [6, 6.07) is 0. The lowest BCUT2D eigenvalue weighted by atomic mass is 10.0. The van der Waals surface area contributed by atoms with Gasteiger partial charge in [-0.1, -0.05) is 181 Å². The molecular weight excluding hydrogens is 464 g/mol. The Kier molecular flexibility index (Phi) is 35.3. The second-order valence-corrected chi connectivity index (χ2v) is 12.7. The molecule has 212 valence electrons. The molecule has 0 N–H and O–H groups in total. The molecule has 0 aromatic heterocycles. The van der Waals surface area contributed by atoms with Crippen molar-refractivity contribution in [2.75, 3.05) is 11.5 Å².